The molecule has 0 bridgehead atoms. The summed E-state index contributed by atoms with van der Waals surface area (Å²) in [7, 11) is 0. The summed E-state index contributed by atoms with van der Waals surface area (Å²) in [5.41, 5.74) is 2.76. The highest BCUT2D eigenvalue weighted by molar-refractivity contribution is 7.09. The van der Waals surface area contributed by atoms with E-state index >= 15 is 0 Å². The summed E-state index contributed by atoms with van der Waals surface area (Å²) >= 11 is 3.49. The number of thiazole rings is 1. The fourth-order valence-electron chi connectivity index (χ4n) is 2.52. The number of hydrogen-bond donors (Lipinski definition) is 1. The van der Waals surface area contributed by atoms with Crippen LogP contribution >= 0.6 is 22.7 Å². The van der Waals surface area contributed by atoms with Crippen LogP contribution in [0.2, 0.25) is 0 Å². The summed E-state index contributed by atoms with van der Waals surface area (Å²) in [4.78, 5) is 4.51. The van der Waals surface area contributed by atoms with Crippen LogP contribution in [0.25, 0.3) is 0 Å². The van der Waals surface area contributed by atoms with Gasteiger partial charge in [0.15, 0.2) is 0 Å². The molecular formula is C18H20N2S2. The average Bonchev–Trinajstić information content (AvgIpc) is 3.25. The maximum absolute atomic E-state index is 4.51. The van der Waals surface area contributed by atoms with Gasteiger partial charge in [0, 0.05) is 18.1 Å². The molecule has 2 nitrogen and oxygen atoms in total. The first-order valence-corrected chi connectivity index (χ1v) is 9.34. The predicted molar refractivity (Wildman–Crippen MR) is 95.7 cm³/mol. The van der Waals surface area contributed by atoms with Crippen molar-refractivity contribution >= 4 is 22.7 Å². The van der Waals surface area contributed by atoms with E-state index in [-0.39, 0.29) is 0 Å². The first kappa shape index (κ1) is 15.4. The van der Waals surface area contributed by atoms with E-state index in [2.05, 4.69) is 69.8 Å². The summed E-state index contributed by atoms with van der Waals surface area (Å²) in [6.45, 7) is 3.23. The van der Waals surface area contributed by atoms with Crippen LogP contribution in [0.5, 0.6) is 0 Å². The second-order valence-corrected chi connectivity index (χ2v) is 7.18. The Morgan fingerprint density at radius 2 is 2.00 bits per heavy atom. The minimum atomic E-state index is 0.292. The first-order valence-electron chi connectivity index (χ1n) is 7.51. The van der Waals surface area contributed by atoms with Crippen LogP contribution in [0, 0.1) is 0 Å². The summed E-state index contributed by atoms with van der Waals surface area (Å²) < 4.78 is 0. The van der Waals surface area contributed by atoms with Crippen LogP contribution in [0.3, 0.4) is 0 Å². The van der Waals surface area contributed by atoms with Crippen LogP contribution in [-0.4, -0.2) is 11.5 Å². The van der Waals surface area contributed by atoms with Crippen molar-refractivity contribution < 1.29 is 0 Å². The van der Waals surface area contributed by atoms with Crippen molar-refractivity contribution in [3.8, 4) is 0 Å². The Labute approximate surface area is 139 Å². The van der Waals surface area contributed by atoms with E-state index < -0.39 is 0 Å². The highest BCUT2D eigenvalue weighted by Gasteiger charge is 2.16. The first-order chi connectivity index (χ1) is 10.8. The van der Waals surface area contributed by atoms with Gasteiger partial charge in [-0.25, -0.2) is 4.98 Å². The van der Waals surface area contributed by atoms with Gasteiger partial charge < -0.3 is 5.32 Å². The Balaban J connectivity index is 1.65. The third-order valence-corrected chi connectivity index (χ3v) is 5.43. The van der Waals surface area contributed by atoms with Crippen molar-refractivity contribution in [3.05, 3.63) is 74.9 Å². The van der Waals surface area contributed by atoms with E-state index in [9.17, 15) is 0 Å². The van der Waals surface area contributed by atoms with Crippen LogP contribution in [0.4, 0.5) is 0 Å². The SMILES string of the molecule is CC(CNC(Cc1ccsc1)c1nccs1)c1ccccc1. The molecule has 3 aromatic rings. The maximum atomic E-state index is 4.51. The molecule has 0 aliphatic carbocycles. The molecule has 4 heteroatoms. The van der Waals surface area contributed by atoms with Gasteiger partial charge in [0.1, 0.15) is 5.01 Å². The lowest BCUT2D eigenvalue weighted by atomic mass is 10.0. The van der Waals surface area contributed by atoms with E-state index in [1.54, 1.807) is 22.7 Å². The number of rotatable bonds is 7. The fraction of sp³-hybridized carbons (Fsp3) is 0.278. The van der Waals surface area contributed by atoms with Gasteiger partial charge in [0.2, 0.25) is 0 Å². The average molecular weight is 329 g/mol. The van der Waals surface area contributed by atoms with Gasteiger partial charge in [-0.2, -0.15) is 11.3 Å². The molecular weight excluding hydrogens is 308 g/mol. The molecule has 0 radical (unpaired) electrons. The third kappa shape index (κ3) is 4.03. The van der Waals surface area contributed by atoms with E-state index in [4.69, 9.17) is 0 Å². The van der Waals surface area contributed by atoms with Crippen LogP contribution < -0.4 is 5.32 Å². The summed E-state index contributed by atoms with van der Waals surface area (Å²) in [6, 6.07) is 13.2. The van der Waals surface area contributed by atoms with Crippen molar-refractivity contribution in [2.75, 3.05) is 6.54 Å². The zero-order valence-corrected chi connectivity index (χ0v) is 14.2. The Morgan fingerprint density at radius 1 is 1.14 bits per heavy atom. The molecule has 2 aromatic heterocycles. The summed E-state index contributed by atoms with van der Waals surface area (Å²) in [5, 5.41) is 11.3. The van der Waals surface area contributed by atoms with Crippen molar-refractivity contribution in [1.82, 2.24) is 10.3 Å². The molecule has 0 aliphatic heterocycles. The maximum Gasteiger partial charge on any atom is 0.110 e. The lowest BCUT2D eigenvalue weighted by Crippen LogP contribution is -2.27. The number of hydrogen-bond acceptors (Lipinski definition) is 4. The Kier molecular flexibility index (Phi) is 5.38. The van der Waals surface area contributed by atoms with E-state index in [0.29, 0.717) is 12.0 Å². The molecule has 0 spiro atoms. The molecule has 2 unspecified atom stereocenters. The number of nitrogens with zero attached hydrogens (tertiary/aromatic N) is 1. The van der Waals surface area contributed by atoms with Crippen molar-refractivity contribution in [1.29, 1.82) is 0 Å². The second kappa shape index (κ2) is 7.68. The second-order valence-electron chi connectivity index (χ2n) is 5.48. The Bertz CT molecular complexity index is 648. The van der Waals surface area contributed by atoms with Gasteiger partial charge in [0.05, 0.1) is 6.04 Å². The minimum absolute atomic E-state index is 0.292. The number of benzene rings is 1. The minimum Gasteiger partial charge on any atom is -0.307 e. The molecule has 0 saturated carbocycles. The van der Waals surface area contributed by atoms with Crippen LogP contribution in [-0.2, 0) is 6.42 Å². The van der Waals surface area contributed by atoms with Gasteiger partial charge in [-0.15, -0.1) is 11.3 Å². The lowest BCUT2D eigenvalue weighted by molar-refractivity contribution is 0.502. The van der Waals surface area contributed by atoms with Gasteiger partial charge in [-0.05, 0) is 40.3 Å². The topological polar surface area (TPSA) is 24.9 Å². The molecule has 2 atom stereocenters. The van der Waals surface area contributed by atoms with Crippen molar-refractivity contribution in [3.63, 3.8) is 0 Å². The van der Waals surface area contributed by atoms with Crippen LogP contribution in [0.1, 0.15) is 35.0 Å². The molecule has 3 rings (SSSR count). The summed E-state index contributed by atoms with van der Waals surface area (Å²) in [6.07, 6.45) is 2.89. The lowest BCUT2D eigenvalue weighted by Gasteiger charge is -2.19. The molecule has 0 amide bonds. The highest BCUT2D eigenvalue weighted by atomic mass is 32.1. The molecule has 22 heavy (non-hydrogen) atoms. The quantitative estimate of drug-likeness (QED) is 0.668. The Hall–Kier alpha value is -1.49. The number of nitrogens with one attached hydrogen (secondary N) is 1. The van der Waals surface area contributed by atoms with Gasteiger partial charge >= 0.3 is 0 Å². The van der Waals surface area contributed by atoms with E-state index in [1.165, 1.54) is 16.1 Å². The van der Waals surface area contributed by atoms with Crippen molar-refractivity contribution in [2.45, 2.75) is 25.3 Å². The zero-order valence-electron chi connectivity index (χ0n) is 12.6. The molecule has 1 N–H and O–H groups in total. The Morgan fingerprint density at radius 3 is 2.68 bits per heavy atom. The van der Waals surface area contributed by atoms with Gasteiger partial charge in [-0.3, -0.25) is 0 Å². The third-order valence-electron chi connectivity index (χ3n) is 3.81. The van der Waals surface area contributed by atoms with Crippen LogP contribution in [0.15, 0.2) is 58.7 Å². The fourth-order valence-corrected chi connectivity index (χ4v) is 3.91. The van der Waals surface area contributed by atoms with E-state index in [0.717, 1.165) is 13.0 Å². The van der Waals surface area contributed by atoms with E-state index in [1.807, 2.05) is 6.20 Å². The molecule has 114 valence electrons. The number of aromatic nitrogens is 1. The standard InChI is InChI=1S/C18H20N2S2/c1-14(16-5-3-2-4-6-16)12-20-17(18-19-8-10-22-18)11-15-7-9-21-13-15/h2-10,13-14,17,20H,11-12H2,1H3. The largest absolute Gasteiger partial charge is 0.307 e. The van der Waals surface area contributed by atoms with Gasteiger partial charge in [-0.1, -0.05) is 37.3 Å². The molecule has 2 heterocycles. The normalized spacial score (nSPS) is 13.9. The smallest absolute Gasteiger partial charge is 0.110 e. The predicted octanol–water partition coefficient (Wildman–Crippen LogP) is 4.88. The monoisotopic (exact) mass is 328 g/mol. The molecule has 0 saturated heterocycles. The molecule has 0 aliphatic rings. The number of thiophene rings is 1. The molecule has 0 fully saturated rings. The zero-order chi connectivity index (χ0) is 15.2. The highest BCUT2D eigenvalue weighted by Crippen LogP contribution is 2.23. The van der Waals surface area contributed by atoms with Crippen molar-refractivity contribution in [2.24, 2.45) is 0 Å². The summed E-state index contributed by atoms with van der Waals surface area (Å²) in [5.74, 6) is 0.492. The van der Waals surface area contributed by atoms with Gasteiger partial charge in [0.25, 0.3) is 0 Å². The molecule has 1 aromatic carbocycles.